The standard InChI is InChI=1S/C18H24N4/c1-5-14(3)13-22-18(20-6-2)16(12-19-4)17(21-22)15-10-8-7-9-11-15/h7-12,14H,4-6,13H2,1-3H3/b16-12-,20-18?. The van der Waals surface area contributed by atoms with Crippen molar-refractivity contribution in [1.29, 1.82) is 0 Å². The van der Waals surface area contributed by atoms with Crippen LogP contribution in [0.25, 0.3) is 0 Å². The second-order valence-electron chi connectivity index (χ2n) is 5.43. The van der Waals surface area contributed by atoms with Gasteiger partial charge in [0.1, 0.15) is 5.71 Å². The van der Waals surface area contributed by atoms with E-state index in [9.17, 15) is 0 Å². The Morgan fingerprint density at radius 1 is 1.27 bits per heavy atom. The molecule has 1 aliphatic heterocycles. The van der Waals surface area contributed by atoms with Crippen molar-refractivity contribution in [1.82, 2.24) is 5.01 Å². The van der Waals surface area contributed by atoms with Crippen molar-refractivity contribution in [3.05, 3.63) is 47.7 Å². The van der Waals surface area contributed by atoms with Crippen molar-refractivity contribution in [2.24, 2.45) is 21.0 Å². The number of nitrogens with zero attached hydrogens (tertiary/aromatic N) is 4. The van der Waals surface area contributed by atoms with Crippen LogP contribution in [0.3, 0.4) is 0 Å². The highest BCUT2D eigenvalue weighted by atomic mass is 15.5. The number of hydrogen-bond donors (Lipinski definition) is 0. The second-order valence-corrected chi connectivity index (χ2v) is 5.43. The fraction of sp³-hybridized carbons (Fsp3) is 0.389. The quantitative estimate of drug-likeness (QED) is 0.737. The van der Waals surface area contributed by atoms with Gasteiger partial charge < -0.3 is 0 Å². The van der Waals surface area contributed by atoms with Crippen LogP contribution >= 0.6 is 0 Å². The summed E-state index contributed by atoms with van der Waals surface area (Å²) in [5, 5.41) is 6.82. The lowest BCUT2D eigenvalue weighted by molar-refractivity contribution is 0.366. The minimum absolute atomic E-state index is 0.555. The number of hydrogen-bond acceptors (Lipinski definition) is 3. The van der Waals surface area contributed by atoms with Crippen molar-refractivity contribution >= 4 is 18.3 Å². The van der Waals surface area contributed by atoms with Gasteiger partial charge in [-0.25, -0.2) is 5.01 Å². The molecule has 0 fully saturated rings. The molecule has 0 N–H and O–H groups in total. The Labute approximate surface area is 133 Å². The molecule has 0 bridgehead atoms. The van der Waals surface area contributed by atoms with Crippen LogP contribution in [0, 0.1) is 5.92 Å². The Hall–Kier alpha value is -2.23. The third kappa shape index (κ3) is 3.50. The van der Waals surface area contributed by atoms with E-state index in [2.05, 4.69) is 42.7 Å². The van der Waals surface area contributed by atoms with Crippen LogP contribution in [0.4, 0.5) is 0 Å². The second kappa shape index (κ2) is 7.69. The van der Waals surface area contributed by atoms with E-state index in [0.29, 0.717) is 5.92 Å². The van der Waals surface area contributed by atoms with E-state index in [1.165, 1.54) is 0 Å². The number of amidine groups is 1. The summed E-state index contributed by atoms with van der Waals surface area (Å²) < 4.78 is 0. The van der Waals surface area contributed by atoms with E-state index in [0.717, 1.165) is 42.2 Å². The smallest absolute Gasteiger partial charge is 0.155 e. The minimum atomic E-state index is 0.555. The van der Waals surface area contributed by atoms with E-state index in [1.807, 2.05) is 30.1 Å². The maximum Gasteiger partial charge on any atom is 0.155 e. The van der Waals surface area contributed by atoms with Crippen LogP contribution < -0.4 is 0 Å². The van der Waals surface area contributed by atoms with Gasteiger partial charge in [0.05, 0.1) is 5.57 Å². The summed E-state index contributed by atoms with van der Waals surface area (Å²) in [6.07, 6.45) is 2.88. The normalized spacial score (nSPS) is 19.6. The highest BCUT2D eigenvalue weighted by molar-refractivity contribution is 6.32. The first-order valence-electron chi connectivity index (χ1n) is 7.84. The summed E-state index contributed by atoms with van der Waals surface area (Å²) in [6.45, 7) is 11.6. The summed E-state index contributed by atoms with van der Waals surface area (Å²) in [6, 6.07) is 10.2. The predicted octanol–water partition coefficient (Wildman–Crippen LogP) is 3.76. The zero-order valence-electron chi connectivity index (χ0n) is 13.7. The molecule has 0 amide bonds. The molecular formula is C18H24N4. The predicted molar refractivity (Wildman–Crippen MR) is 94.7 cm³/mol. The molecule has 1 aromatic rings. The first kappa shape index (κ1) is 16.1. The van der Waals surface area contributed by atoms with Gasteiger partial charge >= 0.3 is 0 Å². The Kier molecular flexibility index (Phi) is 5.64. The van der Waals surface area contributed by atoms with Gasteiger partial charge in [0.15, 0.2) is 5.84 Å². The van der Waals surface area contributed by atoms with Crippen LogP contribution in [-0.4, -0.2) is 36.4 Å². The van der Waals surface area contributed by atoms with Crippen LogP contribution in [0.2, 0.25) is 0 Å². The van der Waals surface area contributed by atoms with Gasteiger partial charge in [-0.3, -0.25) is 9.98 Å². The van der Waals surface area contributed by atoms with Crippen molar-refractivity contribution < 1.29 is 0 Å². The van der Waals surface area contributed by atoms with Crippen molar-refractivity contribution in [2.45, 2.75) is 27.2 Å². The van der Waals surface area contributed by atoms with Crippen LogP contribution in [-0.2, 0) is 0 Å². The average molecular weight is 296 g/mol. The third-order valence-electron chi connectivity index (χ3n) is 3.72. The monoisotopic (exact) mass is 296 g/mol. The Balaban J connectivity index is 2.45. The summed E-state index contributed by atoms with van der Waals surface area (Å²) in [5.74, 6) is 1.45. The molecule has 0 aliphatic carbocycles. The van der Waals surface area contributed by atoms with Gasteiger partial charge in [0, 0.05) is 24.9 Å². The van der Waals surface area contributed by atoms with Crippen molar-refractivity contribution in [2.75, 3.05) is 13.1 Å². The zero-order valence-corrected chi connectivity index (χ0v) is 13.7. The van der Waals surface area contributed by atoms with Crippen molar-refractivity contribution in [3.8, 4) is 0 Å². The maximum absolute atomic E-state index is 4.81. The molecule has 4 heteroatoms. The first-order valence-corrected chi connectivity index (χ1v) is 7.84. The summed E-state index contributed by atoms with van der Waals surface area (Å²) >= 11 is 0. The number of aliphatic imine (C=N–C) groups is 2. The molecule has 0 radical (unpaired) electrons. The molecule has 0 aromatic heterocycles. The van der Waals surface area contributed by atoms with Gasteiger partial charge in [-0.05, 0) is 19.6 Å². The van der Waals surface area contributed by atoms with Gasteiger partial charge in [-0.1, -0.05) is 50.6 Å². The molecule has 2 rings (SSSR count). The molecule has 1 heterocycles. The topological polar surface area (TPSA) is 40.3 Å². The fourth-order valence-corrected chi connectivity index (χ4v) is 2.35. The highest BCUT2D eigenvalue weighted by Gasteiger charge is 2.29. The lowest BCUT2D eigenvalue weighted by atomic mass is 10.0. The van der Waals surface area contributed by atoms with Crippen LogP contribution in [0.5, 0.6) is 0 Å². The lowest BCUT2D eigenvalue weighted by Gasteiger charge is -2.19. The molecule has 1 atom stereocenters. The number of benzene rings is 1. The zero-order chi connectivity index (χ0) is 15.9. The Morgan fingerprint density at radius 2 is 2.00 bits per heavy atom. The summed E-state index contributed by atoms with van der Waals surface area (Å²) in [4.78, 5) is 8.60. The molecule has 1 aromatic carbocycles. The van der Waals surface area contributed by atoms with Gasteiger partial charge in [0.2, 0.25) is 0 Å². The van der Waals surface area contributed by atoms with E-state index < -0.39 is 0 Å². The molecule has 0 saturated heterocycles. The van der Waals surface area contributed by atoms with E-state index >= 15 is 0 Å². The molecule has 0 spiro atoms. The molecule has 1 aliphatic rings. The average Bonchev–Trinajstić information content (AvgIpc) is 2.87. The lowest BCUT2D eigenvalue weighted by Crippen LogP contribution is -2.27. The summed E-state index contributed by atoms with van der Waals surface area (Å²) in [5.41, 5.74) is 2.95. The highest BCUT2D eigenvalue weighted by Crippen LogP contribution is 2.23. The molecule has 22 heavy (non-hydrogen) atoms. The largest absolute Gasteiger partial charge is 0.272 e. The Bertz CT molecular complexity index is 599. The molecule has 1 unspecified atom stereocenters. The third-order valence-corrected chi connectivity index (χ3v) is 3.72. The first-order chi connectivity index (χ1) is 10.7. The fourth-order valence-electron chi connectivity index (χ4n) is 2.35. The Morgan fingerprint density at radius 3 is 2.59 bits per heavy atom. The molecule has 0 saturated carbocycles. The van der Waals surface area contributed by atoms with E-state index in [1.54, 1.807) is 6.20 Å². The van der Waals surface area contributed by atoms with Gasteiger partial charge in [0.25, 0.3) is 0 Å². The number of hydrazone groups is 1. The van der Waals surface area contributed by atoms with E-state index in [4.69, 9.17) is 5.10 Å². The van der Waals surface area contributed by atoms with Crippen molar-refractivity contribution in [3.63, 3.8) is 0 Å². The van der Waals surface area contributed by atoms with Gasteiger partial charge in [-0.2, -0.15) is 5.10 Å². The number of rotatable bonds is 6. The molecule has 116 valence electrons. The maximum atomic E-state index is 4.81. The molecule has 4 nitrogen and oxygen atoms in total. The SMILES string of the molecule is C=N/C=C1/C(c2ccccc2)=NN(CC(C)CC)C1=NCC. The van der Waals surface area contributed by atoms with Crippen LogP contribution in [0.15, 0.2) is 57.2 Å². The molecular weight excluding hydrogens is 272 g/mol. The van der Waals surface area contributed by atoms with Crippen LogP contribution in [0.1, 0.15) is 32.8 Å². The van der Waals surface area contributed by atoms with E-state index in [-0.39, 0.29) is 0 Å². The minimum Gasteiger partial charge on any atom is -0.272 e. The van der Waals surface area contributed by atoms with Gasteiger partial charge in [-0.15, -0.1) is 0 Å². The summed E-state index contributed by atoms with van der Waals surface area (Å²) in [7, 11) is 0.